The second-order valence-corrected chi connectivity index (χ2v) is 6.78. The van der Waals surface area contributed by atoms with Gasteiger partial charge in [0.2, 0.25) is 0 Å². The van der Waals surface area contributed by atoms with E-state index in [1.54, 1.807) is 0 Å². The lowest BCUT2D eigenvalue weighted by atomic mass is 9.97. The molecule has 2 aliphatic rings. The lowest BCUT2D eigenvalue weighted by Crippen LogP contribution is -2.23. The molecule has 2 aromatic carbocycles. The van der Waals surface area contributed by atoms with E-state index in [1.165, 1.54) is 5.56 Å². The van der Waals surface area contributed by atoms with Crippen LogP contribution in [0.2, 0.25) is 5.02 Å². The van der Waals surface area contributed by atoms with Crippen molar-refractivity contribution in [1.82, 2.24) is 4.90 Å². The maximum atomic E-state index is 12.8. The molecular formula is C20H18ClNO. The Morgan fingerprint density at radius 1 is 1.00 bits per heavy atom. The number of Topliss-reactive ketones (excluding diaryl/α,β-unsaturated/α-hetero) is 1. The predicted octanol–water partition coefficient (Wildman–Crippen LogP) is 4.05. The van der Waals surface area contributed by atoms with Gasteiger partial charge in [0.1, 0.15) is 0 Å². The van der Waals surface area contributed by atoms with Crippen LogP contribution in [-0.4, -0.2) is 23.8 Å². The number of hydrogen-bond acceptors (Lipinski definition) is 2. The summed E-state index contributed by atoms with van der Waals surface area (Å²) in [5.41, 5.74) is 2.99. The van der Waals surface area contributed by atoms with Crippen molar-refractivity contribution in [2.24, 2.45) is 11.8 Å². The lowest BCUT2D eigenvalue weighted by molar-refractivity contribution is -0.116. The van der Waals surface area contributed by atoms with Gasteiger partial charge >= 0.3 is 0 Å². The summed E-state index contributed by atoms with van der Waals surface area (Å²) in [6.07, 6.45) is 2.14. The Bertz CT molecular complexity index is 768. The molecule has 4 rings (SSSR count). The van der Waals surface area contributed by atoms with Crippen LogP contribution < -0.4 is 0 Å². The highest BCUT2D eigenvalue weighted by Gasteiger charge is 2.42. The molecule has 1 saturated heterocycles. The van der Waals surface area contributed by atoms with Gasteiger partial charge in [0.05, 0.1) is 0 Å². The van der Waals surface area contributed by atoms with Gasteiger partial charge < -0.3 is 0 Å². The lowest BCUT2D eigenvalue weighted by Gasteiger charge is -2.16. The zero-order valence-corrected chi connectivity index (χ0v) is 13.5. The summed E-state index contributed by atoms with van der Waals surface area (Å²) in [5.74, 6) is 0.654. The van der Waals surface area contributed by atoms with E-state index >= 15 is 0 Å². The summed E-state index contributed by atoms with van der Waals surface area (Å²) >= 11 is 6.26. The molecule has 2 unspecified atom stereocenters. The van der Waals surface area contributed by atoms with Gasteiger partial charge in [-0.1, -0.05) is 66.2 Å². The number of halogens is 1. The Balaban J connectivity index is 1.52. The number of benzene rings is 2. The molecule has 0 amide bonds. The topological polar surface area (TPSA) is 20.3 Å². The van der Waals surface area contributed by atoms with E-state index in [-0.39, 0.29) is 11.7 Å². The van der Waals surface area contributed by atoms with E-state index < -0.39 is 0 Å². The Hall–Kier alpha value is -1.90. The van der Waals surface area contributed by atoms with Gasteiger partial charge in [-0.2, -0.15) is 0 Å². The molecule has 0 saturated carbocycles. The molecule has 2 nitrogen and oxygen atoms in total. The second-order valence-electron chi connectivity index (χ2n) is 6.37. The highest BCUT2D eigenvalue weighted by molar-refractivity contribution is 6.35. The molecule has 1 fully saturated rings. The van der Waals surface area contributed by atoms with Crippen LogP contribution in [0, 0.1) is 11.8 Å². The number of nitrogens with zero attached hydrogens (tertiary/aromatic N) is 1. The van der Waals surface area contributed by atoms with Gasteiger partial charge in [-0.25, -0.2) is 0 Å². The van der Waals surface area contributed by atoms with E-state index in [1.807, 2.05) is 30.3 Å². The Morgan fingerprint density at radius 3 is 2.48 bits per heavy atom. The van der Waals surface area contributed by atoms with Crippen LogP contribution in [0.3, 0.4) is 0 Å². The standard InChI is InChI=1S/C20H18ClNO/c21-19-9-5-4-8-16(19)17-10-15-12-22(13-18(15)20(17)23)11-14-6-2-1-3-7-14/h1-10,15,18H,11-13H2. The van der Waals surface area contributed by atoms with Gasteiger partial charge in [-0.15, -0.1) is 0 Å². The zero-order chi connectivity index (χ0) is 15.8. The van der Waals surface area contributed by atoms with Crippen molar-refractivity contribution in [3.8, 4) is 0 Å². The van der Waals surface area contributed by atoms with Crippen LogP contribution in [-0.2, 0) is 11.3 Å². The summed E-state index contributed by atoms with van der Waals surface area (Å²) in [5, 5.41) is 0.660. The van der Waals surface area contributed by atoms with Crippen molar-refractivity contribution in [1.29, 1.82) is 0 Å². The normalized spacial score (nSPS) is 23.9. The number of carbonyl (C=O) groups excluding carboxylic acids is 1. The Kier molecular flexibility index (Phi) is 3.80. The first-order valence-electron chi connectivity index (χ1n) is 7.99. The molecule has 1 aliphatic carbocycles. The van der Waals surface area contributed by atoms with Crippen molar-refractivity contribution in [2.75, 3.05) is 13.1 Å². The van der Waals surface area contributed by atoms with Gasteiger partial charge in [0.15, 0.2) is 5.78 Å². The summed E-state index contributed by atoms with van der Waals surface area (Å²) in [4.78, 5) is 15.2. The summed E-state index contributed by atoms with van der Waals surface area (Å²) < 4.78 is 0. The monoisotopic (exact) mass is 323 g/mol. The third-order valence-electron chi connectivity index (χ3n) is 4.84. The molecule has 1 heterocycles. The average Bonchev–Trinajstić information content (AvgIpc) is 3.08. The molecule has 23 heavy (non-hydrogen) atoms. The van der Waals surface area contributed by atoms with E-state index in [9.17, 15) is 4.79 Å². The molecule has 2 atom stereocenters. The maximum absolute atomic E-state index is 12.8. The van der Waals surface area contributed by atoms with Crippen molar-refractivity contribution < 1.29 is 4.79 Å². The number of likely N-dealkylation sites (tertiary alicyclic amines) is 1. The number of rotatable bonds is 3. The third-order valence-corrected chi connectivity index (χ3v) is 5.17. The van der Waals surface area contributed by atoms with Crippen LogP contribution in [0.25, 0.3) is 5.57 Å². The summed E-state index contributed by atoms with van der Waals surface area (Å²) in [7, 11) is 0. The van der Waals surface area contributed by atoms with Gasteiger partial charge in [-0.3, -0.25) is 9.69 Å². The minimum absolute atomic E-state index is 0.0879. The molecule has 0 bridgehead atoms. The molecule has 116 valence electrons. The fourth-order valence-corrected chi connectivity index (χ4v) is 3.97. The zero-order valence-electron chi connectivity index (χ0n) is 12.8. The molecule has 3 heteroatoms. The molecule has 0 aromatic heterocycles. The van der Waals surface area contributed by atoms with Crippen LogP contribution in [0.15, 0.2) is 60.7 Å². The number of fused-ring (bicyclic) bond motifs is 1. The van der Waals surface area contributed by atoms with E-state index in [0.29, 0.717) is 10.9 Å². The Labute approximate surface area is 141 Å². The fraction of sp³-hybridized carbons (Fsp3) is 0.250. The smallest absolute Gasteiger partial charge is 0.168 e. The molecule has 0 spiro atoms. The molecule has 0 N–H and O–H groups in total. The highest BCUT2D eigenvalue weighted by Crippen LogP contribution is 2.40. The van der Waals surface area contributed by atoms with Gasteiger partial charge in [0.25, 0.3) is 0 Å². The van der Waals surface area contributed by atoms with Crippen molar-refractivity contribution in [2.45, 2.75) is 6.54 Å². The third kappa shape index (κ3) is 2.73. The first-order chi connectivity index (χ1) is 11.2. The maximum Gasteiger partial charge on any atom is 0.168 e. The predicted molar refractivity (Wildman–Crippen MR) is 93.1 cm³/mol. The van der Waals surface area contributed by atoms with E-state index in [0.717, 1.165) is 30.8 Å². The van der Waals surface area contributed by atoms with Crippen LogP contribution >= 0.6 is 11.6 Å². The second kappa shape index (κ2) is 5.95. The SMILES string of the molecule is O=C1C(c2ccccc2Cl)=CC2CN(Cc3ccccc3)CC12. The van der Waals surface area contributed by atoms with Crippen LogP contribution in [0.4, 0.5) is 0 Å². The van der Waals surface area contributed by atoms with E-state index in [2.05, 4.69) is 35.2 Å². The highest BCUT2D eigenvalue weighted by atomic mass is 35.5. The van der Waals surface area contributed by atoms with Crippen molar-refractivity contribution >= 4 is 23.0 Å². The number of carbonyl (C=O) groups is 1. The minimum Gasteiger partial charge on any atom is -0.298 e. The van der Waals surface area contributed by atoms with Crippen LogP contribution in [0.1, 0.15) is 11.1 Å². The largest absolute Gasteiger partial charge is 0.298 e. The first-order valence-corrected chi connectivity index (χ1v) is 8.37. The van der Waals surface area contributed by atoms with Gasteiger partial charge in [-0.05, 0) is 11.6 Å². The van der Waals surface area contributed by atoms with Crippen LogP contribution in [0.5, 0.6) is 0 Å². The van der Waals surface area contributed by atoms with Crippen molar-refractivity contribution in [3.05, 3.63) is 76.8 Å². The first kappa shape index (κ1) is 14.7. The summed E-state index contributed by atoms with van der Waals surface area (Å²) in [6.45, 7) is 2.69. The van der Waals surface area contributed by atoms with Gasteiger partial charge in [0, 0.05) is 47.6 Å². The average molecular weight is 324 g/mol. The summed E-state index contributed by atoms with van der Waals surface area (Å²) in [6, 6.07) is 18.1. The number of ketones is 1. The molecule has 0 radical (unpaired) electrons. The minimum atomic E-state index is 0.0879. The molecular weight excluding hydrogens is 306 g/mol. The van der Waals surface area contributed by atoms with E-state index in [4.69, 9.17) is 11.6 Å². The Morgan fingerprint density at radius 2 is 1.74 bits per heavy atom. The quantitative estimate of drug-likeness (QED) is 0.849. The number of allylic oxidation sites excluding steroid dienone is 1. The fourth-order valence-electron chi connectivity index (χ4n) is 3.73. The number of hydrogen-bond donors (Lipinski definition) is 0. The molecule has 2 aromatic rings. The molecule has 1 aliphatic heterocycles. The van der Waals surface area contributed by atoms with Crippen molar-refractivity contribution in [3.63, 3.8) is 0 Å².